The second-order valence-corrected chi connectivity index (χ2v) is 3.11. The first-order valence-corrected chi connectivity index (χ1v) is 4.40. The molecule has 4 heteroatoms. The second-order valence-electron chi connectivity index (χ2n) is 3.11. The molecule has 66 valence electrons. The fourth-order valence-corrected chi connectivity index (χ4v) is 1.59. The number of aromatic nitrogens is 2. The number of aryl methyl sites for hydroxylation is 2. The van der Waals surface area contributed by atoms with Crippen LogP contribution in [0.5, 0.6) is 0 Å². The molecular formula is C9H10N4. The minimum Gasteiger partial charge on any atom is -0.261 e. The first-order chi connectivity index (χ1) is 6.40. The largest absolute Gasteiger partial charge is 0.261 e. The van der Waals surface area contributed by atoms with Crippen LogP contribution >= 0.6 is 0 Å². The Balaban J connectivity index is 2.31. The molecule has 2 rings (SSSR count). The van der Waals surface area contributed by atoms with Crippen molar-refractivity contribution in [1.82, 2.24) is 9.97 Å². The van der Waals surface area contributed by atoms with Crippen molar-refractivity contribution in [2.24, 2.45) is 0 Å². The van der Waals surface area contributed by atoms with Gasteiger partial charge in [-0.1, -0.05) is 0 Å². The van der Waals surface area contributed by atoms with Gasteiger partial charge in [-0.05, 0) is 31.2 Å². The van der Waals surface area contributed by atoms with Gasteiger partial charge in [0, 0.05) is 11.9 Å². The number of anilines is 1. The van der Waals surface area contributed by atoms with Gasteiger partial charge in [-0.3, -0.25) is 5.32 Å². The van der Waals surface area contributed by atoms with E-state index in [9.17, 15) is 0 Å². The average Bonchev–Trinajstić information content (AvgIpc) is 2.18. The number of hydrogen-bond acceptors (Lipinski definition) is 4. The number of fused-ring (bicyclic) bond motifs is 1. The Labute approximate surface area is 76.6 Å². The minimum absolute atomic E-state index is 0.420. The molecule has 0 saturated heterocycles. The van der Waals surface area contributed by atoms with Gasteiger partial charge < -0.3 is 0 Å². The first kappa shape index (κ1) is 7.99. The van der Waals surface area contributed by atoms with Gasteiger partial charge in [-0.2, -0.15) is 5.26 Å². The van der Waals surface area contributed by atoms with E-state index in [-0.39, 0.29) is 0 Å². The van der Waals surface area contributed by atoms with Gasteiger partial charge in [-0.15, -0.1) is 0 Å². The summed E-state index contributed by atoms with van der Waals surface area (Å²) in [5, 5.41) is 10.8. The summed E-state index contributed by atoms with van der Waals surface area (Å²) in [4.78, 5) is 8.30. The highest BCUT2D eigenvalue weighted by molar-refractivity contribution is 5.34. The van der Waals surface area contributed by atoms with Crippen LogP contribution in [0.25, 0.3) is 0 Å². The van der Waals surface area contributed by atoms with E-state index in [0.717, 1.165) is 18.5 Å². The Morgan fingerprint density at radius 1 is 1.38 bits per heavy atom. The summed E-state index contributed by atoms with van der Waals surface area (Å²) in [5.41, 5.74) is 2.33. The quantitative estimate of drug-likeness (QED) is 0.514. The third-order valence-corrected chi connectivity index (χ3v) is 2.23. The summed E-state index contributed by atoms with van der Waals surface area (Å²) in [6, 6.07) is 0. The van der Waals surface area contributed by atoms with Crippen molar-refractivity contribution in [3.8, 4) is 6.19 Å². The third kappa shape index (κ3) is 1.59. The van der Waals surface area contributed by atoms with E-state index in [1.54, 1.807) is 0 Å². The predicted octanol–water partition coefficient (Wildman–Crippen LogP) is 1.25. The Bertz CT molecular complexity index is 353. The highest BCUT2D eigenvalue weighted by atomic mass is 15.1. The first-order valence-electron chi connectivity index (χ1n) is 4.40. The maximum Gasteiger partial charge on any atom is 0.236 e. The molecule has 0 atom stereocenters. The molecule has 0 aromatic carbocycles. The lowest BCUT2D eigenvalue weighted by Gasteiger charge is -2.13. The Kier molecular flexibility index (Phi) is 2.09. The Morgan fingerprint density at radius 2 is 2.23 bits per heavy atom. The molecule has 1 aromatic heterocycles. The molecule has 13 heavy (non-hydrogen) atoms. The van der Waals surface area contributed by atoms with Gasteiger partial charge in [0.15, 0.2) is 6.19 Å². The van der Waals surface area contributed by atoms with Crippen molar-refractivity contribution < 1.29 is 0 Å². The van der Waals surface area contributed by atoms with Gasteiger partial charge in [-0.25, -0.2) is 9.97 Å². The number of nitriles is 1. The van der Waals surface area contributed by atoms with Crippen molar-refractivity contribution in [2.45, 2.75) is 25.7 Å². The normalized spacial score (nSPS) is 14.4. The van der Waals surface area contributed by atoms with E-state index >= 15 is 0 Å². The van der Waals surface area contributed by atoms with Crippen LogP contribution in [0.1, 0.15) is 24.1 Å². The Hall–Kier alpha value is -1.63. The zero-order valence-electron chi connectivity index (χ0n) is 7.25. The summed E-state index contributed by atoms with van der Waals surface area (Å²) in [6.45, 7) is 0. The van der Waals surface area contributed by atoms with E-state index in [2.05, 4.69) is 15.3 Å². The lowest BCUT2D eigenvalue weighted by molar-refractivity contribution is 0.663. The molecule has 0 fully saturated rings. The van der Waals surface area contributed by atoms with Gasteiger partial charge in [0.2, 0.25) is 5.95 Å². The fraction of sp³-hybridized carbons (Fsp3) is 0.444. The van der Waals surface area contributed by atoms with Crippen LogP contribution < -0.4 is 5.32 Å². The third-order valence-electron chi connectivity index (χ3n) is 2.23. The van der Waals surface area contributed by atoms with Crippen LogP contribution in [0.3, 0.4) is 0 Å². The molecule has 4 nitrogen and oxygen atoms in total. The van der Waals surface area contributed by atoms with Crippen LogP contribution in [0.2, 0.25) is 0 Å². The number of hydrogen-bond donors (Lipinski definition) is 1. The zero-order valence-corrected chi connectivity index (χ0v) is 7.25. The highest BCUT2D eigenvalue weighted by Gasteiger charge is 2.11. The van der Waals surface area contributed by atoms with Crippen molar-refractivity contribution in [1.29, 1.82) is 5.26 Å². The number of nitrogens with one attached hydrogen (secondary N) is 1. The summed E-state index contributed by atoms with van der Waals surface area (Å²) in [5.74, 6) is 0.420. The fourth-order valence-electron chi connectivity index (χ4n) is 1.59. The summed E-state index contributed by atoms with van der Waals surface area (Å²) >= 11 is 0. The maximum atomic E-state index is 8.38. The number of nitrogens with zero attached hydrogens (tertiary/aromatic N) is 3. The van der Waals surface area contributed by atoms with Crippen molar-refractivity contribution in [2.75, 3.05) is 5.32 Å². The van der Waals surface area contributed by atoms with E-state index in [0.29, 0.717) is 5.95 Å². The van der Waals surface area contributed by atoms with E-state index < -0.39 is 0 Å². The van der Waals surface area contributed by atoms with Crippen LogP contribution in [-0.2, 0) is 12.8 Å². The topological polar surface area (TPSA) is 61.6 Å². The van der Waals surface area contributed by atoms with Gasteiger partial charge >= 0.3 is 0 Å². The molecule has 1 aromatic rings. The molecular weight excluding hydrogens is 164 g/mol. The molecule has 0 spiro atoms. The highest BCUT2D eigenvalue weighted by Crippen LogP contribution is 2.19. The van der Waals surface area contributed by atoms with Crippen LogP contribution in [0.15, 0.2) is 6.20 Å². The van der Waals surface area contributed by atoms with Gasteiger partial charge in [0.1, 0.15) is 0 Å². The molecule has 1 N–H and O–H groups in total. The predicted molar refractivity (Wildman–Crippen MR) is 47.9 cm³/mol. The molecule has 1 heterocycles. The van der Waals surface area contributed by atoms with Crippen LogP contribution in [0, 0.1) is 11.5 Å². The van der Waals surface area contributed by atoms with E-state index in [1.807, 2.05) is 12.4 Å². The SMILES string of the molecule is N#CNc1ncc2c(n1)CCCC2. The molecule has 0 radical (unpaired) electrons. The molecule has 0 saturated carbocycles. The summed E-state index contributed by atoms with van der Waals surface area (Å²) in [6.07, 6.45) is 8.13. The molecule has 1 aliphatic carbocycles. The van der Waals surface area contributed by atoms with Crippen LogP contribution in [0.4, 0.5) is 5.95 Å². The lowest BCUT2D eigenvalue weighted by atomic mass is 9.98. The average molecular weight is 174 g/mol. The van der Waals surface area contributed by atoms with Crippen molar-refractivity contribution in [3.63, 3.8) is 0 Å². The minimum atomic E-state index is 0.420. The molecule has 0 amide bonds. The molecule has 0 unspecified atom stereocenters. The zero-order chi connectivity index (χ0) is 9.10. The Morgan fingerprint density at radius 3 is 3.08 bits per heavy atom. The monoisotopic (exact) mass is 174 g/mol. The maximum absolute atomic E-state index is 8.38. The smallest absolute Gasteiger partial charge is 0.236 e. The van der Waals surface area contributed by atoms with E-state index in [4.69, 9.17) is 5.26 Å². The summed E-state index contributed by atoms with van der Waals surface area (Å²) in [7, 11) is 0. The molecule has 1 aliphatic rings. The lowest BCUT2D eigenvalue weighted by Crippen LogP contribution is -2.08. The summed E-state index contributed by atoms with van der Waals surface area (Å²) < 4.78 is 0. The van der Waals surface area contributed by atoms with Crippen molar-refractivity contribution in [3.05, 3.63) is 17.5 Å². The second kappa shape index (κ2) is 3.40. The van der Waals surface area contributed by atoms with Crippen LogP contribution in [-0.4, -0.2) is 9.97 Å². The molecule has 0 aliphatic heterocycles. The molecule has 0 bridgehead atoms. The van der Waals surface area contributed by atoms with Crippen molar-refractivity contribution >= 4 is 5.95 Å². The van der Waals surface area contributed by atoms with Gasteiger partial charge in [0.05, 0.1) is 0 Å². The van der Waals surface area contributed by atoms with E-state index in [1.165, 1.54) is 18.4 Å². The van der Waals surface area contributed by atoms with Gasteiger partial charge in [0.25, 0.3) is 0 Å². The number of rotatable bonds is 1. The standard InChI is InChI=1S/C9H10N4/c10-6-12-9-11-5-7-3-1-2-4-8(7)13-9/h5H,1-4H2,(H,11,12,13).